The van der Waals surface area contributed by atoms with Crippen LogP contribution in [0.2, 0.25) is 12.6 Å². The van der Waals surface area contributed by atoms with Crippen molar-refractivity contribution >= 4 is 18.1 Å². The maximum atomic E-state index is 14.3. The molecule has 0 N–H and O–H groups in total. The van der Waals surface area contributed by atoms with Gasteiger partial charge < -0.3 is 9.80 Å². The van der Waals surface area contributed by atoms with Crippen LogP contribution < -0.4 is 4.90 Å². The van der Waals surface area contributed by atoms with Gasteiger partial charge in [-0.1, -0.05) is 6.08 Å². The summed E-state index contributed by atoms with van der Waals surface area (Å²) >= 11 is 0. The number of rotatable bonds is 3. The van der Waals surface area contributed by atoms with Gasteiger partial charge in [0.2, 0.25) is 0 Å². The van der Waals surface area contributed by atoms with Crippen LogP contribution in [0.5, 0.6) is 0 Å². The van der Waals surface area contributed by atoms with E-state index in [2.05, 4.69) is 0 Å². The van der Waals surface area contributed by atoms with Gasteiger partial charge in [-0.2, -0.15) is 0 Å². The minimum atomic E-state index is -3.04. The molecule has 0 amide bonds. The van der Waals surface area contributed by atoms with Gasteiger partial charge in [-0.05, 0) is 12.4 Å². The Morgan fingerprint density at radius 2 is 1.88 bits per heavy atom. The van der Waals surface area contributed by atoms with E-state index < -0.39 is 29.7 Å². The van der Waals surface area contributed by atoms with Gasteiger partial charge in [0.05, 0.1) is 22.4 Å². The molecule has 1 aromatic rings. The Labute approximate surface area is 148 Å². The standard InChI is InChI=1S/C16H16BF3N4O2/c18-13-9-12(24(25)26)1-2-14(13)22-5-7-23(8-6-22)15-3-4-17(11-21)10-16(15,19)20/h1-3,9H,4-8,10H2. The van der Waals surface area contributed by atoms with Crippen molar-refractivity contribution in [2.24, 2.45) is 0 Å². The quantitative estimate of drug-likeness (QED) is 0.469. The van der Waals surface area contributed by atoms with Crippen LogP contribution in [0.1, 0.15) is 0 Å². The monoisotopic (exact) mass is 364 g/mol. The average molecular weight is 364 g/mol. The predicted molar refractivity (Wildman–Crippen MR) is 90.9 cm³/mol. The van der Waals surface area contributed by atoms with Gasteiger partial charge in [-0.15, -0.1) is 0 Å². The number of anilines is 1. The van der Waals surface area contributed by atoms with E-state index in [4.69, 9.17) is 5.26 Å². The molecule has 0 unspecified atom stereocenters. The molecule has 136 valence electrons. The first-order valence-electron chi connectivity index (χ1n) is 8.24. The smallest absolute Gasteiger partial charge is 0.281 e. The van der Waals surface area contributed by atoms with Gasteiger partial charge >= 0.3 is 0 Å². The molecule has 0 aromatic heterocycles. The van der Waals surface area contributed by atoms with Crippen molar-refractivity contribution < 1.29 is 18.1 Å². The van der Waals surface area contributed by atoms with Gasteiger partial charge in [0.25, 0.3) is 18.3 Å². The lowest BCUT2D eigenvalue weighted by Gasteiger charge is -2.41. The molecule has 2 heterocycles. The van der Waals surface area contributed by atoms with E-state index in [1.165, 1.54) is 18.2 Å². The van der Waals surface area contributed by atoms with Gasteiger partial charge in [0, 0.05) is 44.5 Å². The molecule has 0 bridgehead atoms. The van der Waals surface area contributed by atoms with Crippen LogP contribution in [0.25, 0.3) is 0 Å². The summed E-state index contributed by atoms with van der Waals surface area (Å²) in [4.78, 5) is 13.3. The lowest BCUT2D eigenvalue weighted by molar-refractivity contribution is -0.385. The Bertz CT molecular complexity index is 788. The fourth-order valence-corrected chi connectivity index (χ4v) is 3.41. The normalized spacial score (nSPS) is 19.8. The molecule has 0 atom stereocenters. The molecule has 0 spiro atoms. The second-order valence-electron chi connectivity index (χ2n) is 6.43. The van der Waals surface area contributed by atoms with E-state index in [0.717, 1.165) is 6.07 Å². The number of piperazine rings is 1. The Balaban J connectivity index is 1.69. The molecule has 6 nitrogen and oxygen atoms in total. The van der Waals surface area contributed by atoms with Gasteiger partial charge in [0.1, 0.15) is 0 Å². The number of allylic oxidation sites excluding steroid dienone is 2. The molecular weight excluding hydrogens is 348 g/mol. The highest BCUT2D eigenvalue weighted by molar-refractivity contribution is 6.67. The zero-order chi connectivity index (χ0) is 18.9. The fraction of sp³-hybridized carbons (Fsp3) is 0.438. The van der Waals surface area contributed by atoms with Crippen molar-refractivity contribution in [1.82, 2.24) is 4.90 Å². The summed E-state index contributed by atoms with van der Waals surface area (Å²) in [7, 11) is 0. The van der Waals surface area contributed by atoms with Crippen molar-refractivity contribution in [3.63, 3.8) is 0 Å². The van der Waals surface area contributed by atoms with E-state index in [0.29, 0.717) is 19.4 Å². The van der Waals surface area contributed by atoms with Crippen LogP contribution >= 0.6 is 0 Å². The molecule has 10 heteroatoms. The zero-order valence-corrected chi connectivity index (χ0v) is 13.9. The first-order chi connectivity index (χ1) is 12.3. The highest BCUT2D eigenvalue weighted by Crippen LogP contribution is 2.38. The number of alkyl halides is 2. The number of nitro groups is 1. The van der Waals surface area contributed by atoms with Crippen molar-refractivity contribution in [1.29, 1.82) is 5.26 Å². The minimum absolute atomic E-state index is 0.0622. The largest absolute Gasteiger partial charge is 0.367 e. The van der Waals surface area contributed by atoms with Crippen LogP contribution in [0.15, 0.2) is 30.0 Å². The molecule has 1 saturated heterocycles. The Morgan fingerprint density at radius 1 is 1.23 bits per heavy atom. The van der Waals surface area contributed by atoms with Crippen LogP contribution in [-0.2, 0) is 0 Å². The molecule has 26 heavy (non-hydrogen) atoms. The topological polar surface area (TPSA) is 73.4 Å². The lowest BCUT2D eigenvalue weighted by atomic mass is 9.43. The Hall–Kier alpha value is -2.70. The van der Waals surface area contributed by atoms with Crippen LogP contribution in [0.4, 0.5) is 24.5 Å². The van der Waals surface area contributed by atoms with Gasteiger partial charge in [-0.25, -0.2) is 18.4 Å². The van der Waals surface area contributed by atoms with Gasteiger partial charge in [-0.3, -0.25) is 10.1 Å². The second kappa shape index (κ2) is 6.90. The number of hydrogen-bond acceptors (Lipinski definition) is 5. The van der Waals surface area contributed by atoms with Crippen molar-refractivity contribution in [3.8, 4) is 5.97 Å². The summed E-state index contributed by atoms with van der Waals surface area (Å²) in [5.41, 5.74) is -0.166. The second-order valence-corrected chi connectivity index (χ2v) is 6.43. The molecule has 0 radical (unpaired) electrons. The number of nitriles is 1. The summed E-state index contributed by atoms with van der Waals surface area (Å²) in [6.45, 7) is 0.543. The molecule has 0 aliphatic carbocycles. The third-order valence-corrected chi connectivity index (χ3v) is 4.76. The summed E-state index contributed by atoms with van der Waals surface area (Å²) in [6.07, 6.45) is 1.25. The van der Waals surface area contributed by atoms with Crippen LogP contribution in [0.3, 0.4) is 0 Å². The van der Waals surface area contributed by atoms with E-state index >= 15 is 0 Å². The molecule has 2 aliphatic rings. The van der Waals surface area contributed by atoms with E-state index in [9.17, 15) is 23.3 Å². The van der Waals surface area contributed by atoms with Gasteiger partial charge in [0.15, 0.2) is 5.82 Å². The summed E-state index contributed by atoms with van der Waals surface area (Å²) < 4.78 is 42.7. The number of benzene rings is 1. The number of halogens is 3. The predicted octanol–water partition coefficient (Wildman–Crippen LogP) is 2.95. The molecular formula is C16H16BF3N4O2. The van der Waals surface area contributed by atoms with Crippen molar-refractivity contribution in [3.05, 3.63) is 45.9 Å². The molecule has 2 aliphatic heterocycles. The Kier molecular flexibility index (Phi) is 4.81. The first-order valence-corrected chi connectivity index (χ1v) is 8.24. The number of hydrogen-bond donors (Lipinski definition) is 0. The molecule has 1 aromatic carbocycles. The van der Waals surface area contributed by atoms with Crippen molar-refractivity contribution in [2.45, 2.75) is 18.6 Å². The highest BCUT2D eigenvalue weighted by atomic mass is 19.3. The summed E-state index contributed by atoms with van der Waals surface area (Å²) in [5.74, 6) is -1.86. The van der Waals surface area contributed by atoms with Crippen LogP contribution in [0, 0.1) is 27.2 Å². The number of non-ortho nitro benzene ring substituents is 1. The Morgan fingerprint density at radius 3 is 2.42 bits per heavy atom. The molecule has 3 rings (SSSR count). The average Bonchev–Trinajstić information content (AvgIpc) is 2.61. The van der Waals surface area contributed by atoms with E-state index in [-0.39, 0.29) is 30.2 Å². The van der Waals surface area contributed by atoms with E-state index in [1.54, 1.807) is 9.80 Å². The summed E-state index contributed by atoms with van der Waals surface area (Å²) in [6, 6.07) is 3.43. The maximum absolute atomic E-state index is 14.3. The number of nitro benzene ring substituents is 1. The number of nitrogens with zero attached hydrogens (tertiary/aromatic N) is 4. The van der Waals surface area contributed by atoms with E-state index in [1.807, 2.05) is 5.97 Å². The third-order valence-electron chi connectivity index (χ3n) is 4.76. The van der Waals surface area contributed by atoms with Crippen molar-refractivity contribution in [2.75, 3.05) is 31.1 Å². The zero-order valence-electron chi connectivity index (χ0n) is 13.9. The molecule has 1 fully saturated rings. The SMILES string of the molecule is N#CB1CC=C(N2CCN(c3ccc([N+](=O)[O-])cc3F)CC2)C(F)(F)C1. The molecule has 0 saturated carbocycles. The van der Waals surface area contributed by atoms with Crippen LogP contribution in [-0.4, -0.2) is 48.6 Å². The third kappa shape index (κ3) is 3.47. The first kappa shape index (κ1) is 18.1. The fourth-order valence-electron chi connectivity index (χ4n) is 3.41. The maximum Gasteiger partial charge on any atom is 0.281 e. The lowest BCUT2D eigenvalue weighted by Crippen LogP contribution is -2.50. The highest BCUT2D eigenvalue weighted by Gasteiger charge is 2.44. The minimum Gasteiger partial charge on any atom is -0.367 e. The summed E-state index contributed by atoms with van der Waals surface area (Å²) in [5, 5.41) is 19.5.